The molecule has 0 saturated carbocycles. The molecular weight excluding hydrogens is 442 g/mol. The summed E-state index contributed by atoms with van der Waals surface area (Å²) in [5.41, 5.74) is 3.97. The number of nitrogens with zero attached hydrogens (tertiary/aromatic N) is 1. The lowest BCUT2D eigenvalue weighted by atomic mass is 10.1. The summed E-state index contributed by atoms with van der Waals surface area (Å²) in [4.78, 5) is 17.7. The first-order valence-corrected chi connectivity index (χ1v) is 11.7. The zero-order valence-corrected chi connectivity index (χ0v) is 20.0. The summed E-state index contributed by atoms with van der Waals surface area (Å²) >= 11 is 0. The number of carbonyl (C=O) groups is 1. The number of piperidine rings is 1. The summed E-state index contributed by atoms with van der Waals surface area (Å²) < 4.78 is 16.8. The minimum atomic E-state index is -0.217. The van der Waals surface area contributed by atoms with Crippen molar-refractivity contribution in [1.82, 2.24) is 0 Å². The first-order chi connectivity index (χ1) is 17.1. The molecule has 4 rings (SSSR count). The highest BCUT2D eigenvalue weighted by Crippen LogP contribution is 2.29. The van der Waals surface area contributed by atoms with Gasteiger partial charge in [0, 0.05) is 43.3 Å². The molecule has 0 bridgehead atoms. The third-order valence-electron chi connectivity index (χ3n) is 6.31. The number of hydrogen-bond donors (Lipinski definition) is 2. The van der Waals surface area contributed by atoms with Gasteiger partial charge in [-0.3, -0.25) is 4.79 Å². The second kappa shape index (κ2) is 11.5. The standard InChI is InChI=1S/C28H29N3O4/c1-29-22-7-4-20(5-8-22)19-35-26-13-6-21(18-27(26)34-3)28(32)30-23-9-11-24(12-10-23)31-16-14-25(33-2)15-17-31/h4-13,18,25H,14-17,19H2,2-3H3,(H,30,32)/p+1. The highest BCUT2D eigenvalue weighted by Gasteiger charge is 2.23. The van der Waals surface area contributed by atoms with Gasteiger partial charge in [-0.25, -0.2) is 4.85 Å². The number of benzene rings is 3. The molecule has 0 atom stereocenters. The Bertz CT molecular complexity index is 1180. The van der Waals surface area contributed by atoms with Gasteiger partial charge < -0.3 is 24.4 Å². The maximum Gasteiger partial charge on any atom is 0.255 e. The fourth-order valence-corrected chi connectivity index (χ4v) is 4.21. The van der Waals surface area contributed by atoms with Crippen molar-refractivity contribution in [2.24, 2.45) is 0 Å². The normalized spacial score (nSPS) is 17.3. The monoisotopic (exact) mass is 472 g/mol. The summed E-state index contributed by atoms with van der Waals surface area (Å²) in [5.74, 6) is 0.808. The van der Waals surface area contributed by atoms with E-state index in [4.69, 9.17) is 20.8 Å². The molecule has 1 aliphatic heterocycles. The number of rotatable bonds is 8. The smallest absolute Gasteiger partial charge is 0.255 e. The average Bonchev–Trinajstić information content (AvgIpc) is 2.92. The van der Waals surface area contributed by atoms with Crippen molar-refractivity contribution in [3.05, 3.63) is 89.3 Å². The molecule has 7 nitrogen and oxygen atoms in total. The van der Waals surface area contributed by atoms with E-state index in [-0.39, 0.29) is 5.91 Å². The molecule has 1 aliphatic rings. The highest BCUT2D eigenvalue weighted by molar-refractivity contribution is 6.04. The van der Waals surface area contributed by atoms with Gasteiger partial charge in [0.25, 0.3) is 5.91 Å². The van der Waals surface area contributed by atoms with Crippen molar-refractivity contribution in [1.29, 1.82) is 0 Å². The second-order valence-electron chi connectivity index (χ2n) is 8.50. The van der Waals surface area contributed by atoms with E-state index in [0.29, 0.717) is 35.5 Å². The highest BCUT2D eigenvalue weighted by atomic mass is 16.5. The number of anilines is 1. The molecule has 35 heavy (non-hydrogen) atoms. The van der Waals surface area contributed by atoms with Crippen molar-refractivity contribution in [2.75, 3.05) is 32.6 Å². The summed E-state index contributed by atoms with van der Waals surface area (Å²) in [6.45, 7) is 9.46. The van der Waals surface area contributed by atoms with Crippen LogP contribution in [0.15, 0.2) is 66.7 Å². The zero-order valence-electron chi connectivity index (χ0n) is 20.0. The van der Waals surface area contributed by atoms with E-state index < -0.39 is 0 Å². The molecule has 1 saturated heterocycles. The van der Waals surface area contributed by atoms with Crippen LogP contribution in [0, 0.1) is 6.57 Å². The molecule has 180 valence electrons. The number of carbonyl (C=O) groups excluding carboxylic acids is 1. The molecule has 0 aromatic heterocycles. The van der Waals surface area contributed by atoms with Crippen molar-refractivity contribution in [3.8, 4) is 11.5 Å². The van der Waals surface area contributed by atoms with Crippen molar-refractivity contribution in [3.63, 3.8) is 0 Å². The van der Waals surface area contributed by atoms with Gasteiger partial charge in [-0.05, 0) is 35.9 Å². The molecule has 1 heterocycles. The number of ether oxygens (including phenoxy) is 3. The van der Waals surface area contributed by atoms with E-state index in [1.54, 1.807) is 44.6 Å². The number of nitrogens with one attached hydrogen (secondary N) is 2. The van der Waals surface area contributed by atoms with Crippen LogP contribution in [0.1, 0.15) is 28.8 Å². The molecule has 0 spiro atoms. The zero-order chi connectivity index (χ0) is 24.6. The molecule has 3 aromatic carbocycles. The molecule has 0 unspecified atom stereocenters. The van der Waals surface area contributed by atoms with Gasteiger partial charge >= 0.3 is 0 Å². The Morgan fingerprint density at radius 1 is 1.00 bits per heavy atom. The van der Waals surface area contributed by atoms with E-state index in [1.807, 2.05) is 24.3 Å². The first kappa shape index (κ1) is 24.3. The quantitative estimate of drug-likeness (QED) is 0.477. The van der Waals surface area contributed by atoms with Gasteiger partial charge in [0.2, 0.25) is 0 Å². The second-order valence-corrected chi connectivity index (χ2v) is 8.50. The maximum atomic E-state index is 12.8. The van der Waals surface area contributed by atoms with Crippen LogP contribution in [0.3, 0.4) is 0 Å². The van der Waals surface area contributed by atoms with Crippen LogP contribution >= 0.6 is 0 Å². The predicted octanol–water partition coefficient (Wildman–Crippen LogP) is 4.40. The number of amides is 1. The van der Waals surface area contributed by atoms with Crippen LogP contribution < -0.4 is 19.7 Å². The minimum Gasteiger partial charge on any atom is -0.493 e. The van der Waals surface area contributed by atoms with E-state index >= 15 is 0 Å². The van der Waals surface area contributed by atoms with Crippen molar-refractivity contribution in [2.45, 2.75) is 25.6 Å². The Labute approximate surface area is 206 Å². The SMILES string of the molecule is [C-]#[N+]c1ccc(COc2ccc(C(=O)Nc3ccc([NH+]4CCC(OC)CC4)cc3)cc2OC)cc1. The average molecular weight is 473 g/mol. The molecule has 1 fully saturated rings. The van der Waals surface area contributed by atoms with E-state index in [1.165, 1.54) is 10.6 Å². The fraction of sp³-hybridized carbons (Fsp3) is 0.286. The third kappa shape index (κ3) is 6.18. The van der Waals surface area contributed by atoms with Crippen LogP contribution in [-0.4, -0.2) is 39.3 Å². The first-order valence-electron chi connectivity index (χ1n) is 11.7. The molecule has 2 N–H and O–H groups in total. The van der Waals surface area contributed by atoms with Crippen molar-refractivity contribution < 1.29 is 23.9 Å². The van der Waals surface area contributed by atoms with Crippen LogP contribution in [0.25, 0.3) is 4.85 Å². The Balaban J connectivity index is 1.36. The molecule has 7 heteroatoms. The molecule has 0 aliphatic carbocycles. The van der Waals surface area contributed by atoms with Gasteiger partial charge in [0.05, 0.1) is 32.9 Å². The van der Waals surface area contributed by atoms with Crippen molar-refractivity contribution >= 4 is 23.0 Å². The topological polar surface area (TPSA) is 65.6 Å². The van der Waals surface area contributed by atoms with Gasteiger partial charge in [-0.2, -0.15) is 0 Å². The lowest BCUT2D eigenvalue weighted by molar-refractivity contribution is -0.839. The van der Waals surface area contributed by atoms with Gasteiger partial charge in [0.1, 0.15) is 12.3 Å². The minimum absolute atomic E-state index is 0.217. The molecule has 3 aromatic rings. The molecular formula is C28H30N3O4+. The Hall–Kier alpha value is -3.86. The number of methoxy groups -OCH3 is 2. The van der Waals surface area contributed by atoms with Crippen LogP contribution in [0.2, 0.25) is 0 Å². The lowest BCUT2D eigenvalue weighted by Gasteiger charge is -2.28. The Morgan fingerprint density at radius 3 is 2.34 bits per heavy atom. The molecule has 1 amide bonds. The summed E-state index contributed by atoms with van der Waals surface area (Å²) in [6.07, 6.45) is 2.48. The van der Waals surface area contributed by atoms with E-state index in [9.17, 15) is 4.79 Å². The third-order valence-corrected chi connectivity index (χ3v) is 6.31. The van der Waals surface area contributed by atoms with Crippen LogP contribution in [-0.2, 0) is 11.3 Å². The predicted molar refractivity (Wildman–Crippen MR) is 135 cm³/mol. The van der Waals surface area contributed by atoms with Gasteiger partial charge in [-0.15, -0.1) is 0 Å². The van der Waals surface area contributed by atoms with E-state index in [2.05, 4.69) is 22.3 Å². The Morgan fingerprint density at radius 2 is 1.71 bits per heavy atom. The van der Waals surface area contributed by atoms with Gasteiger partial charge in [-0.1, -0.05) is 24.3 Å². The summed E-state index contributed by atoms with van der Waals surface area (Å²) in [6, 6.07) is 20.4. The van der Waals surface area contributed by atoms with Gasteiger partial charge in [0.15, 0.2) is 17.2 Å². The van der Waals surface area contributed by atoms with E-state index in [0.717, 1.165) is 37.2 Å². The number of hydrogen-bond acceptors (Lipinski definition) is 4. The summed E-state index contributed by atoms with van der Waals surface area (Å²) in [5, 5.41) is 2.96. The lowest BCUT2D eigenvalue weighted by Crippen LogP contribution is -3.08. The van der Waals surface area contributed by atoms with Crippen LogP contribution in [0.5, 0.6) is 11.5 Å². The Kier molecular flexibility index (Phi) is 7.99. The summed E-state index contributed by atoms with van der Waals surface area (Å²) in [7, 11) is 3.33. The fourth-order valence-electron chi connectivity index (χ4n) is 4.21. The number of quaternary nitrogens is 1. The van der Waals surface area contributed by atoms with Crippen LogP contribution in [0.4, 0.5) is 17.1 Å². The largest absolute Gasteiger partial charge is 0.493 e. The maximum absolute atomic E-state index is 12.8. The molecule has 0 radical (unpaired) electrons.